The Morgan fingerprint density at radius 3 is 3.33 bits per heavy atom. The molecule has 1 aromatic heterocycles. The number of nitrogens with zero attached hydrogens (tertiary/aromatic N) is 1. The molecule has 0 aromatic carbocycles. The summed E-state index contributed by atoms with van der Waals surface area (Å²) < 4.78 is 0. The minimum absolute atomic E-state index is 0.339. The largest absolute Gasteiger partial charge is 0.387 e. The van der Waals surface area contributed by atoms with Crippen LogP contribution in [0, 0.1) is 0 Å². The molecule has 0 aliphatic heterocycles. The molecule has 0 radical (unpaired) electrons. The fraction of sp³-hybridized carbons (Fsp3) is 0.583. The molecule has 1 heterocycles. The Morgan fingerprint density at radius 2 is 2.53 bits per heavy atom. The van der Waals surface area contributed by atoms with Crippen LogP contribution in [0.4, 0.5) is 0 Å². The third kappa shape index (κ3) is 2.40. The minimum Gasteiger partial charge on any atom is -0.387 e. The van der Waals surface area contributed by atoms with E-state index >= 15 is 0 Å². The molecule has 1 aliphatic carbocycles. The lowest BCUT2D eigenvalue weighted by Gasteiger charge is -2.19. The van der Waals surface area contributed by atoms with E-state index in [0.717, 1.165) is 25.1 Å². The number of nitrogens with two attached hydrogens (primary N) is 1. The van der Waals surface area contributed by atoms with E-state index in [1.807, 2.05) is 11.3 Å². The quantitative estimate of drug-likeness (QED) is 0.618. The van der Waals surface area contributed by atoms with E-state index in [4.69, 9.17) is 5.73 Å². The zero-order valence-electron chi connectivity index (χ0n) is 9.20. The Hall–Kier alpha value is -0.830. The maximum absolute atomic E-state index is 5.89. The zero-order chi connectivity index (χ0) is 10.7. The summed E-state index contributed by atoms with van der Waals surface area (Å²) in [7, 11) is 0. The first-order valence-corrected chi connectivity index (χ1v) is 6.57. The summed E-state index contributed by atoms with van der Waals surface area (Å²) in [5.41, 5.74) is 7.32. The first-order chi connectivity index (χ1) is 7.31. The van der Waals surface area contributed by atoms with Gasteiger partial charge >= 0.3 is 0 Å². The van der Waals surface area contributed by atoms with Crippen LogP contribution in [0.2, 0.25) is 0 Å². The second-order valence-corrected chi connectivity index (χ2v) is 5.08. The Kier molecular flexibility index (Phi) is 3.41. The molecule has 1 aliphatic rings. The standard InChI is InChI=1S/C12H18N2S/c1-2-4-12(13)14-10-5-3-6-11-9(10)7-8-15-11/h7-8,10H,2-6H2,1H3,(H2,13,14). The fourth-order valence-corrected chi connectivity index (χ4v) is 3.10. The summed E-state index contributed by atoms with van der Waals surface area (Å²) in [5, 5.41) is 2.18. The van der Waals surface area contributed by atoms with E-state index in [1.165, 1.54) is 23.3 Å². The highest BCUT2D eigenvalue weighted by Crippen LogP contribution is 2.35. The van der Waals surface area contributed by atoms with Gasteiger partial charge in [-0.1, -0.05) is 6.92 Å². The summed E-state index contributed by atoms with van der Waals surface area (Å²) in [6, 6.07) is 2.55. The Morgan fingerprint density at radius 1 is 1.67 bits per heavy atom. The van der Waals surface area contributed by atoms with Crippen molar-refractivity contribution in [1.82, 2.24) is 0 Å². The van der Waals surface area contributed by atoms with E-state index in [-0.39, 0.29) is 0 Å². The number of hydrogen-bond donors (Lipinski definition) is 1. The molecule has 1 aromatic rings. The second-order valence-electron chi connectivity index (χ2n) is 4.08. The molecule has 0 amide bonds. The summed E-state index contributed by atoms with van der Waals surface area (Å²) in [6.07, 6.45) is 5.65. The molecule has 2 N–H and O–H groups in total. The molecule has 0 saturated heterocycles. The second kappa shape index (κ2) is 4.79. The molecule has 82 valence electrons. The van der Waals surface area contributed by atoms with Gasteiger partial charge in [0.25, 0.3) is 0 Å². The van der Waals surface area contributed by atoms with E-state index in [1.54, 1.807) is 0 Å². The van der Waals surface area contributed by atoms with Crippen molar-refractivity contribution in [2.75, 3.05) is 0 Å². The topological polar surface area (TPSA) is 38.4 Å². The lowest BCUT2D eigenvalue weighted by molar-refractivity contribution is 0.578. The number of thiophene rings is 1. The number of hydrogen-bond acceptors (Lipinski definition) is 2. The van der Waals surface area contributed by atoms with Gasteiger partial charge in [-0.05, 0) is 42.7 Å². The maximum atomic E-state index is 5.89. The Balaban J connectivity index is 2.16. The normalized spacial score (nSPS) is 21.4. The highest BCUT2D eigenvalue weighted by atomic mass is 32.1. The van der Waals surface area contributed by atoms with Gasteiger partial charge < -0.3 is 5.73 Å². The lowest BCUT2D eigenvalue weighted by Crippen LogP contribution is -2.15. The molecule has 0 bridgehead atoms. The molecule has 3 heteroatoms. The fourth-order valence-electron chi connectivity index (χ4n) is 2.12. The smallest absolute Gasteiger partial charge is 0.0944 e. The van der Waals surface area contributed by atoms with Gasteiger partial charge in [0.15, 0.2) is 0 Å². The maximum Gasteiger partial charge on any atom is 0.0944 e. The van der Waals surface area contributed by atoms with Crippen LogP contribution in [0.3, 0.4) is 0 Å². The van der Waals surface area contributed by atoms with Crippen molar-refractivity contribution in [1.29, 1.82) is 0 Å². The summed E-state index contributed by atoms with van der Waals surface area (Å²) in [6.45, 7) is 2.14. The number of aryl methyl sites for hydroxylation is 1. The van der Waals surface area contributed by atoms with Gasteiger partial charge in [-0.3, -0.25) is 4.99 Å². The SMILES string of the molecule is CCCC(N)=NC1CCCc2sccc21. The number of aliphatic imine (C=N–C) groups is 1. The van der Waals surface area contributed by atoms with Gasteiger partial charge in [0.05, 0.1) is 11.9 Å². The minimum atomic E-state index is 0.339. The summed E-state index contributed by atoms with van der Waals surface area (Å²) in [5.74, 6) is 0.821. The first kappa shape index (κ1) is 10.7. The Labute approximate surface area is 95.2 Å². The molecule has 0 spiro atoms. The number of amidine groups is 1. The van der Waals surface area contributed by atoms with Crippen molar-refractivity contribution in [3.8, 4) is 0 Å². The van der Waals surface area contributed by atoms with Crippen LogP contribution in [-0.4, -0.2) is 5.84 Å². The van der Waals surface area contributed by atoms with E-state index in [9.17, 15) is 0 Å². The highest BCUT2D eigenvalue weighted by molar-refractivity contribution is 7.10. The van der Waals surface area contributed by atoms with Gasteiger partial charge in [0.2, 0.25) is 0 Å². The molecule has 1 unspecified atom stereocenters. The van der Waals surface area contributed by atoms with Crippen LogP contribution in [0.15, 0.2) is 16.4 Å². The van der Waals surface area contributed by atoms with Crippen molar-refractivity contribution in [2.45, 2.75) is 45.1 Å². The van der Waals surface area contributed by atoms with Crippen LogP contribution in [0.25, 0.3) is 0 Å². The summed E-state index contributed by atoms with van der Waals surface area (Å²) in [4.78, 5) is 6.15. The van der Waals surface area contributed by atoms with Crippen molar-refractivity contribution >= 4 is 17.2 Å². The summed E-state index contributed by atoms with van der Waals surface area (Å²) >= 11 is 1.86. The molecule has 2 rings (SSSR count). The molecule has 0 saturated carbocycles. The molecule has 2 nitrogen and oxygen atoms in total. The Bertz CT molecular complexity index is 354. The van der Waals surface area contributed by atoms with Crippen LogP contribution < -0.4 is 5.73 Å². The highest BCUT2D eigenvalue weighted by Gasteiger charge is 2.20. The average Bonchev–Trinajstić information content (AvgIpc) is 2.67. The molecular weight excluding hydrogens is 204 g/mol. The molecular formula is C12H18N2S. The van der Waals surface area contributed by atoms with Crippen LogP contribution >= 0.6 is 11.3 Å². The van der Waals surface area contributed by atoms with Gasteiger partial charge in [-0.15, -0.1) is 11.3 Å². The predicted molar refractivity (Wildman–Crippen MR) is 66.5 cm³/mol. The number of rotatable bonds is 3. The monoisotopic (exact) mass is 222 g/mol. The molecule has 15 heavy (non-hydrogen) atoms. The van der Waals surface area contributed by atoms with Crippen molar-refractivity contribution < 1.29 is 0 Å². The van der Waals surface area contributed by atoms with Crippen molar-refractivity contribution in [2.24, 2.45) is 10.7 Å². The predicted octanol–water partition coefficient (Wildman–Crippen LogP) is 3.28. The van der Waals surface area contributed by atoms with Gasteiger partial charge in [0.1, 0.15) is 0 Å². The zero-order valence-corrected chi connectivity index (χ0v) is 10.0. The van der Waals surface area contributed by atoms with Gasteiger partial charge in [-0.25, -0.2) is 0 Å². The van der Waals surface area contributed by atoms with E-state index in [0.29, 0.717) is 6.04 Å². The third-order valence-electron chi connectivity index (χ3n) is 2.85. The van der Waals surface area contributed by atoms with E-state index < -0.39 is 0 Å². The van der Waals surface area contributed by atoms with Crippen LogP contribution in [0.1, 0.15) is 49.1 Å². The first-order valence-electron chi connectivity index (χ1n) is 5.69. The van der Waals surface area contributed by atoms with Gasteiger partial charge in [-0.2, -0.15) is 0 Å². The van der Waals surface area contributed by atoms with E-state index in [2.05, 4.69) is 23.4 Å². The number of fused-ring (bicyclic) bond motifs is 1. The van der Waals surface area contributed by atoms with Crippen molar-refractivity contribution in [3.05, 3.63) is 21.9 Å². The molecule has 1 atom stereocenters. The molecule has 0 fully saturated rings. The average molecular weight is 222 g/mol. The van der Waals surface area contributed by atoms with Crippen LogP contribution in [-0.2, 0) is 6.42 Å². The van der Waals surface area contributed by atoms with Crippen LogP contribution in [0.5, 0.6) is 0 Å². The van der Waals surface area contributed by atoms with Gasteiger partial charge in [0, 0.05) is 11.3 Å². The van der Waals surface area contributed by atoms with Crippen molar-refractivity contribution in [3.63, 3.8) is 0 Å². The lowest BCUT2D eigenvalue weighted by atomic mass is 9.94. The third-order valence-corrected chi connectivity index (χ3v) is 3.84.